The molecule has 3 nitrogen and oxygen atoms in total. The van der Waals surface area contributed by atoms with E-state index in [1.165, 1.54) is 0 Å². The van der Waals surface area contributed by atoms with E-state index < -0.39 is 14.6 Å². The zero-order valence-corrected chi connectivity index (χ0v) is 14.0. The van der Waals surface area contributed by atoms with Crippen LogP contribution in [0.5, 0.6) is 0 Å². The summed E-state index contributed by atoms with van der Waals surface area (Å²) in [5.41, 5.74) is 6.15. The fraction of sp³-hybridized carbons (Fsp3) is 1.00. The summed E-state index contributed by atoms with van der Waals surface area (Å²) in [6.45, 7) is 9.82. The average Bonchev–Trinajstić information content (AvgIpc) is 2.26. The molecule has 0 aromatic heterocycles. The quantitative estimate of drug-likeness (QED) is 0.865. The molecular weight excluding hydrogens is 258 g/mol. The summed E-state index contributed by atoms with van der Waals surface area (Å²) in [6, 6.07) is 0. The third-order valence-electron chi connectivity index (χ3n) is 4.77. The standard InChI is InChI=1S/C15H31NO2S/c1-12(2)13-6-8-15(16,9-7-13)10-11-19(17,18)14(3,4)5/h12-13H,6-11,16H2,1-5H3. The summed E-state index contributed by atoms with van der Waals surface area (Å²) in [7, 11) is -3.05. The molecule has 19 heavy (non-hydrogen) atoms. The zero-order chi connectivity index (χ0) is 14.9. The molecule has 0 aromatic carbocycles. The Morgan fingerprint density at radius 1 is 1.21 bits per heavy atom. The maximum Gasteiger partial charge on any atom is 0.155 e. The second-order valence-electron chi connectivity index (χ2n) is 7.63. The highest BCUT2D eigenvalue weighted by Crippen LogP contribution is 2.36. The van der Waals surface area contributed by atoms with E-state index in [2.05, 4.69) is 13.8 Å². The minimum atomic E-state index is -3.05. The Morgan fingerprint density at radius 3 is 2.05 bits per heavy atom. The summed E-state index contributed by atoms with van der Waals surface area (Å²) in [5, 5.41) is 0. The van der Waals surface area contributed by atoms with Gasteiger partial charge in [0.2, 0.25) is 0 Å². The van der Waals surface area contributed by atoms with Gasteiger partial charge in [0.05, 0.1) is 10.5 Å². The van der Waals surface area contributed by atoms with E-state index >= 15 is 0 Å². The number of sulfone groups is 1. The van der Waals surface area contributed by atoms with Crippen LogP contribution in [-0.2, 0) is 9.84 Å². The molecule has 0 aliphatic heterocycles. The number of hydrogen-bond donors (Lipinski definition) is 1. The highest BCUT2D eigenvalue weighted by Gasteiger charge is 2.36. The molecule has 1 aliphatic carbocycles. The van der Waals surface area contributed by atoms with Crippen molar-refractivity contribution in [3.05, 3.63) is 0 Å². The molecule has 0 heterocycles. The van der Waals surface area contributed by atoms with Crippen molar-refractivity contribution in [1.29, 1.82) is 0 Å². The lowest BCUT2D eigenvalue weighted by Crippen LogP contribution is -2.46. The van der Waals surface area contributed by atoms with Crippen LogP contribution in [0.15, 0.2) is 0 Å². The van der Waals surface area contributed by atoms with Crippen LogP contribution in [-0.4, -0.2) is 24.5 Å². The van der Waals surface area contributed by atoms with Gasteiger partial charge in [-0.25, -0.2) is 8.42 Å². The molecule has 1 fully saturated rings. The van der Waals surface area contributed by atoms with Gasteiger partial charge in [-0.3, -0.25) is 0 Å². The smallest absolute Gasteiger partial charge is 0.155 e. The first-order valence-electron chi connectivity index (χ1n) is 7.48. The first kappa shape index (κ1) is 17.0. The highest BCUT2D eigenvalue weighted by atomic mass is 32.2. The molecule has 0 atom stereocenters. The van der Waals surface area contributed by atoms with Crippen molar-refractivity contribution in [2.24, 2.45) is 17.6 Å². The van der Waals surface area contributed by atoms with Crippen molar-refractivity contribution in [3.8, 4) is 0 Å². The van der Waals surface area contributed by atoms with Gasteiger partial charge in [-0.2, -0.15) is 0 Å². The molecule has 2 N–H and O–H groups in total. The lowest BCUT2D eigenvalue weighted by atomic mass is 9.72. The number of hydrogen-bond acceptors (Lipinski definition) is 3. The molecule has 0 aromatic rings. The van der Waals surface area contributed by atoms with Crippen LogP contribution in [0.2, 0.25) is 0 Å². The number of rotatable bonds is 4. The summed E-state index contributed by atoms with van der Waals surface area (Å²) < 4.78 is 23.6. The number of nitrogens with two attached hydrogens (primary N) is 1. The molecule has 0 radical (unpaired) electrons. The van der Waals surface area contributed by atoms with Crippen LogP contribution in [0.1, 0.15) is 66.7 Å². The van der Waals surface area contributed by atoms with E-state index in [9.17, 15) is 8.42 Å². The molecule has 0 amide bonds. The fourth-order valence-corrected chi connectivity index (χ4v) is 4.06. The van der Waals surface area contributed by atoms with Gasteiger partial charge in [-0.05, 0) is 64.7 Å². The highest BCUT2D eigenvalue weighted by molar-refractivity contribution is 7.92. The Labute approximate surface area is 119 Å². The second kappa shape index (κ2) is 5.72. The van der Waals surface area contributed by atoms with Crippen LogP contribution in [0.4, 0.5) is 0 Å². The minimum absolute atomic E-state index is 0.222. The van der Waals surface area contributed by atoms with Crippen molar-refractivity contribution in [2.45, 2.75) is 77.0 Å². The predicted molar refractivity (Wildman–Crippen MR) is 81.9 cm³/mol. The van der Waals surface area contributed by atoms with Gasteiger partial charge in [0.25, 0.3) is 0 Å². The monoisotopic (exact) mass is 289 g/mol. The average molecular weight is 289 g/mol. The van der Waals surface area contributed by atoms with Crippen molar-refractivity contribution in [3.63, 3.8) is 0 Å². The van der Waals surface area contributed by atoms with Gasteiger partial charge in [0.1, 0.15) is 0 Å². The summed E-state index contributed by atoms with van der Waals surface area (Å²) >= 11 is 0. The molecular formula is C15H31NO2S. The Morgan fingerprint density at radius 2 is 1.68 bits per heavy atom. The molecule has 0 unspecified atom stereocenters. The molecule has 114 valence electrons. The molecule has 0 saturated heterocycles. The van der Waals surface area contributed by atoms with Crippen LogP contribution in [0.3, 0.4) is 0 Å². The van der Waals surface area contributed by atoms with E-state index in [-0.39, 0.29) is 11.3 Å². The molecule has 4 heteroatoms. The Bertz CT molecular complexity index is 385. The maximum atomic E-state index is 12.2. The third kappa shape index (κ3) is 4.45. The van der Waals surface area contributed by atoms with E-state index in [0.717, 1.165) is 31.6 Å². The minimum Gasteiger partial charge on any atom is -0.325 e. The predicted octanol–water partition coefficient (Wildman–Crippen LogP) is 3.13. The van der Waals surface area contributed by atoms with Crippen LogP contribution in [0, 0.1) is 11.8 Å². The fourth-order valence-electron chi connectivity index (χ4n) is 2.78. The van der Waals surface area contributed by atoms with Crippen LogP contribution in [0.25, 0.3) is 0 Å². The van der Waals surface area contributed by atoms with Crippen LogP contribution < -0.4 is 5.73 Å². The van der Waals surface area contributed by atoms with Crippen molar-refractivity contribution in [2.75, 3.05) is 5.75 Å². The van der Waals surface area contributed by atoms with E-state index in [1.54, 1.807) is 20.8 Å². The van der Waals surface area contributed by atoms with E-state index in [0.29, 0.717) is 12.3 Å². The van der Waals surface area contributed by atoms with Crippen molar-refractivity contribution < 1.29 is 8.42 Å². The van der Waals surface area contributed by atoms with Gasteiger partial charge < -0.3 is 5.73 Å². The maximum absolute atomic E-state index is 12.2. The summed E-state index contributed by atoms with van der Waals surface area (Å²) in [6.07, 6.45) is 4.83. The zero-order valence-electron chi connectivity index (χ0n) is 13.2. The lowest BCUT2D eigenvalue weighted by molar-refractivity contribution is 0.191. The molecule has 0 spiro atoms. The molecule has 1 aliphatic rings. The Kier molecular flexibility index (Phi) is 5.11. The molecule has 0 bridgehead atoms. The van der Waals surface area contributed by atoms with Crippen molar-refractivity contribution >= 4 is 9.84 Å². The first-order valence-corrected chi connectivity index (χ1v) is 9.13. The topological polar surface area (TPSA) is 60.2 Å². The normalized spacial score (nSPS) is 29.7. The molecule has 1 saturated carbocycles. The SMILES string of the molecule is CC(C)C1CCC(N)(CCS(=O)(=O)C(C)(C)C)CC1. The van der Waals surface area contributed by atoms with Gasteiger partial charge in [-0.1, -0.05) is 13.8 Å². The summed E-state index contributed by atoms with van der Waals surface area (Å²) in [4.78, 5) is 0. The van der Waals surface area contributed by atoms with Gasteiger partial charge in [0.15, 0.2) is 9.84 Å². The van der Waals surface area contributed by atoms with Gasteiger partial charge in [-0.15, -0.1) is 0 Å². The Balaban J connectivity index is 2.55. The first-order chi connectivity index (χ1) is 8.47. The lowest BCUT2D eigenvalue weighted by Gasteiger charge is -2.39. The Hall–Kier alpha value is -0.0900. The van der Waals surface area contributed by atoms with Gasteiger partial charge >= 0.3 is 0 Å². The van der Waals surface area contributed by atoms with Crippen molar-refractivity contribution in [1.82, 2.24) is 0 Å². The largest absolute Gasteiger partial charge is 0.325 e. The van der Waals surface area contributed by atoms with E-state index in [1.807, 2.05) is 0 Å². The third-order valence-corrected chi connectivity index (χ3v) is 7.38. The molecule has 1 rings (SSSR count). The van der Waals surface area contributed by atoms with E-state index in [4.69, 9.17) is 5.73 Å². The summed E-state index contributed by atoms with van der Waals surface area (Å²) in [5.74, 6) is 1.69. The van der Waals surface area contributed by atoms with Gasteiger partial charge in [0, 0.05) is 5.54 Å². The second-order valence-corrected chi connectivity index (χ2v) is 10.5. The van der Waals surface area contributed by atoms with Crippen LogP contribution >= 0.6 is 0 Å².